The van der Waals surface area contributed by atoms with Crippen molar-refractivity contribution in [1.82, 2.24) is 19.8 Å². The molecule has 4 aromatic rings. The fourth-order valence-corrected chi connectivity index (χ4v) is 2.84. The lowest BCUT2D eigenvalue weighted by atomic mass is 10.1. The van der Waals surface area contributed by atoms with Crippen molar-refractivity contribution in [3.05, 3.63) is 72.1 Å². The number of nitrogens with one attached hydrogen (secondary N) is 2. The van der Waals surface area contributed by atoms with Crippen LogP contribution in [0.25, 0.3) is 16.9 Å². The van der Waals surface area contributed by atoms with E-state index in [0.717, 1.165) is 17.7 Å². The summed E-state index contributed by atoms with van der Waals surface area (Å²) in [5, 5.41) is 17.6. The molecule has 2 aromatic carbocycles. The minimum Gasteiger partial charge on any atom is -0.308 e. The number of benzene rings is 2. The van der Waals surface area contributed by atoms with Crippen LogP contribution in [0.4, 0.5) is 29.3 Å². The summed E-state index contributed by atoms with van der Waals surface area (Å²) in [4.78, 5) is 12.2. The van der Waals surface area contributed by atoms with Crippen molar-refractivity contribution in [3.63, 3.8) is 0 Å². The highest BCUT2D eigenvalue weighted by molar-refractivity contribution is 6.00. The molecule has 4 rings (SSSR count). The summed E-state index contributed by atoms with van der Waals surface area (Å²) >= 11 is 0. The fourth-order valence-electron chi connectivity index (χ4n) is 2.84. The van der Waals surface area contributed by atoms with Gasteiger partial charge in [0.1, 0.15) is 0 Å². The minimum atomic E-state index is -4.43. The predicted molar refractivity (Wildman–Crippen MR) is 105 cm³/mol. The first-order chi connectivity index (χ1) is 14.3. The quantitative estimate of drug-likeness (QED) is 0.508. The van der Waals surface area contributed by atoms with Crippen molar-refractivity contribution in [2.24, 2.45) is 0 Å². The second kappa shape index (κ2) is 7.47. The molecule has 10 heteroatoms. The van der Waals surface area contributed by atoms with Crippen LogP contribution in [0.3, 0.4) is 0 Å². The molecule has 0 spiro atoms. The van der Waals surface area contributed by atoms with E-state index in [1.807, 2.05) is 6.07 Å². The molecule has 0 unspecified atom stereocenters. The largest absolute Gasteiger partial charge is 0.416 e. The minimum absolute atomic E-state index is 0.242. The molecule has 7 nitrogen and oxygen atoms in total. The molecule has 0 saturated carbocycles. The van der Waals surface area contributed by atoms with Crippen LogP contribution in [0.5, 0.6) is 0 Å². The van der Waals surface area contributed by atoms with Crippen molar-refractivity contribution in [3.8, 4) is 11.3 Å². The standard InChI is InChI=1S/C20H15F3N6O/c1-12-26-27-18-10-9-17(28-29(12)18)13-3-2-4-16(11-13)25-19(30)24-15-7-5-14(6-8-15)20(21,22)23/h2-11H,1H3,(H2,24,25,30). The Hall–Kier alpha value is -3.95. The van der Waals surface area contributed by atoms with Crippen molar-refractivity contribution in [2.45, 2.75) is 13.1 Å². The van der Waals surface area contributed by atoms with Gasteiger partial charge in [-0.05, 0) is 55.5 Å². The third kappa shape index (κ3) is 4.07. The van der Waals surface area contributed by atoms with E-state index in [-0.39, 0.29) is 5.69 Å². The van der Waals surface area contributed by atoms with Crippen LogP contribution in [-0.4, -0.2) is 25.8 Å². The molecule has 2 N–H and O–H groups in total. The van der Waals surface area contributed by atoms with E-state index >= 15 is 0 Å². The van der Waals surface area contributed by atoms with E-state index in [2.05, 4.69) is 25.9 Å². The number of halogens is 3. The maximum atomic E-state index is 12.6. The van der Waals surface area contributed by atoms with Gasteiger partial charge in [0.2, 0.25) is 0 Å². The number of hydrogen-bond acceptors (Lipinski definition) is 4. The second-order valence-electron chi connectivity index (χ2n) is 6.47. The van der Waals surface area contributed by atoms with Crippen molar-refractivity contribution >= 4 is 23.1 Å². The van der Waals surface area contributed by atoms with Gasteiger partial charge in [-0.1, -0.05) is 12.1 Å². The van der Waals surface area contributed by atoms with Gasteiger partial charge in [0, 0.05) is 16.9 Å². The maximum Gasteiger partial charge on any atom is 0.416 e. The van der Waals surface area contributed by atoms with Gasteiger partial charge in [0.25, 0.3) is 0 Å². The highest BCUT2D eigenvalue weighted by Gasteiger charge is 2.29. The number of nitrogens with zero attached hydrogens (tertiary/aromatic N) is 4. The summed E-state index contributed by atoms with van der Waals surface area (Å²) < 4.78 is 39.5. The predicted octanol–water partition coefficient (Wildman–Crippen LogP) is 4.76. The zero-order chi connectivity index (χ0) is 21.3. The van der Waals surface area contributed by atoms with Crippen molar-refractivity contribution in [2.75, 3.05) is 10.6 Å². The highest BCUT2D eigenvalue weighted by Crippen LogP contribution is 2.30. The first-order valence-electron chi connectivity index (χ1n) is 8.84. The average Bonchev–Trinajstić information content (AvgIpc) is 3.08. The van der Waals surface area contributed by atoms with Crippen molar-refractivity contribution < 1.29 is 18.0 Å². The van der Waals surface area contributed by atoms with E-state index in [1.54, 1.807) is 41.8 Å². The molecule has 0 saturated heterocycles. The van der Waals surface area contributed by atoms with Crippen LogP contribution in [-0.2, 0) is 6.18 Å². The number of carbonyl (C=O) groups excluding carboxylic acids is 1. The first-order valence-corrected chi connectivity index (χ1v) is 8.84. The van der Waals surface area contributed by atoms with Gasteiger partial charge in [-0.3, -0.25) is 0 Å². The Morgan fingerprint density at radius 2 is 1.67 bits per heavy atom. The molecule has 0 aliphatic rings. The topological polar surface area (TPSA) is 84.2 Å². The molecule has 0 fully saturated rings. The van der Waals surface area contributed by atoms with Crippen LogP contribution in [0.1, 0.15) is 11.4 Å². The number of anilines is 2. The van der Waals surface area contributed by atoms with E-state index < -0.39 is 17.8 Å². The molecule has 30 heavy (non-hydrogen) atoms. The Labute approximate surface area is 168 Å². The molecule has 0 aliphatic heterocycles. The summed E-state index contributed by atoms with van der Waals surface area (Å²) in [6.07, 6.45) is -4.43. The van der Waals surface area contributed by atoms with Crippen LogP contribution in [0, 0.1) is 6.92 Å². The number of fused-ring (bicyclic) bond motifs is 1. The van der Waals surface area contributed by atoms with Crippen molar-refractivity contribution in [1.29, 1.82) is 0 Å². The van der Waals surface area contributed by atoms with Gasteiger partial charge in [0.15, 0.2) is 11.5 Å². The number of amides is 2. The number of aryl methyl sites for hydroxylation is 1. The number of rotatable bonds is 3. The number of carbonyl (C=O) groups is 1. The summed E-state index contributed by atoms with van der Waals surface area (Å²) in [6.45, 7) is 1.79. The van der Waals surface area contributed by atoms with E-state index in [9.17, 15) is 18.0 Å². The normalized spacial score (nSPS) is 11.5. The summed E-state index contributed by atoms with van der Waals surface area (Å²) in [7, 11) is 0. The molecule has 2 heterocycles. The first kappa shape index (κ1) is 19.4. The van der Waals surface area contributed by atoms with Gasteiger partial charge in [-0.2, -0.15) is 22.8 Å². The molecular weight excluding hydrogens is 397 g/mol. The highest BCUT2D eigenvalue weighted by atomic mass is 19.4. The number of urea groups is 1. The summed E-state index contributed by atoms with van der Waals surface area (Å²) in [6, 6.07) is 14.2. The zero-order valence-electron chi connectivity index (χ0n) is 15.6. The zero-order valence-corrected chi connectivity index (χ0v) is 15.6. The van der Waals surface area contributed by atoms with E-state index in [0.29, 0.717) is 22.9 Å². The lowest BCUT2D eigenvalue weighted by Crippen LogP contribution is -2.19. The summed E-state index contributed by atoms with van der Waals surface area (Å²) in [5.74, 6) is 0.650. The van der Waals surface area contributed by atoms with Crippen LogP contribution in [0.2, 0.25) is 0 Å². The Morgan fingerprint density at radius 1 is 0.933 bits per heavy atom. The van der Waals surface area contributed by atoms with E-state index in [1.165, 1.54) is 12.1 Å². The van der Waals surface area contributed by atoms with Gasteiger partial charge in [0.05, 0.1) is 11.3 Å². The molecular formula is C20H15F3N6O. The Balaban J connectivity index is 1.48. The SMILES string of the molecule is Cc1nnc2ccc(-c3cccc(NC(=O)Nc4ccc(C(F)(F)F)cc4)c3)nn12. The van der Waals surface area contributed by atoms with Gasteiger partial charge < -0.3 is 10.6 Å². The van der Waals surface area contributed by atoms with Gasteiger partial charge in [-0.25, -0.2) is 4.79 Å². The van der Waals surface area contributed by atoms with Crippen LogP contribution >= 0.6 is 0 Å². The third-order valence-corrected chi connectivity index (χ3v) is 4.31. The van der Waals surface area contributed by atoms with Crippen LogP contribution in [0.15, 0.2) is 60.7 Å². The average molecular weight is 412 g/mol. The second-order valence-corrected chi connectivity index (χ2v) is 6.47. The Bertz CT molecular complexity index is 1220. The van der Waals surface area contributed by atoms with Gasteiger partial charge in [-0.15, -0.1) is 10.2 Å². The number of alkyl halides is 3. The maximum absolute atomic E-state index is 12.6. The molecule has 0 aliphatic carbocycles. The monoisotopic (exact) mass is 412 g/mol. The Kier molecular flexibility index (Phi) is 4.82. The summed E-state index contributed by atoms with van der Waals surface area (Å²) in [5.41, 5.74) is 2.01. The van der Waals surface area contributed by atoms with Crippen LogP contribution < -0.4 is 10.6 Å². The fraction of sp³-hybridized carbons (Fsp3) is 0.100. The van der Waals surface area contributed by atoms with E-state index in [4.69, 9.17) is 0 Å². The Morgan fingerprint density at radius 3 is 2.40 bits per heavy atom. The molecule has 2 aromatic heterocycles. The lowest BCUT2D eigenvalue weighted by Gasteiger charge is -2.10. The number of aromatic nitrogens is 4. The smallest absolute Gasteiger partial charge is 0.308 e. The number of hydrogen-bond donors (Lipinski definition) is 2. The lowest BCUT2D eigenvalue weighted by molar-refractivity contribution is -0.137. The molecule has 2 amide bonds. The molecule has 0 bridgehead atoms. The molecule has 152 valence electrons. The third-order valence-electron chi connectivity index (χ3n) is 4.31. The molecule has 0 radical (unpaired) electrons. The van der Waals surface area contributed by atoms with Gasteiger partial charge >= 0.3 is 12.2 Å². The molecule has 0 atom stereocenters.